The maximum absolute atomic E-state index is 12.4. The fourth-order valence-electron chi connectivity index (χ4n) is 3.90. The first kappa shape index (κ1) is 16.3. The SMILES string of the molecule is O=C(N[C@H]1CCO[C@]2(CCN(Cc3ccoc3)C2)C1)c1cccnc1. The number of nitrogens with one attached hydrogen (secondary N) is 1. The minimum Gasteiger partial charge on any atom is -0.472 e. The molecule has 2 aromatic rings. The molecule has 0 aliphatic carbocycles. The molecule has 2 fully saturated rings. The van der Waals surface area contributed by atoms with Gasteiger partial charge in [-0.25, -0.2) is 0 Å². The fourth-order valence-corrected chi connectivity index (χ4v) is 3.90. The first-order valence-electron chi connectivity index (χ1n) is 8.81. The van der Waals surface area contributed by atoms with Crippen molar-refractivity contribution in [3.05, 3.63) is 54.2 Å². The van der Waals surface area contributed by atoms with Gasteiger partial charge in [-0.05, 0) is 37.5 Å². The minimum absolute atomic E-state index is 0.0524. The number of ether oxygens (including phenoxy) is 1. The van der Waals surface area contributed by atoms with E-state index in [1.165, 1.54) is 5.56 Å². The molecule has 0 radical (unpaired) electrons. The summed E-state index contributed by atoms with van der Waals surface area (Å²) in [5.41, 5.74) is 1.65. The first-order valence-corrected chi connectivity index (χ1v) is 8.81. The molecule has 25 heavy (non-hydrogen) atoms. The smallest absolute Gasteiger partial charge is 0.253 e. The monoisotopic (exact) mass is 341 g/mol. The Kier molecular flexibility index (Phi) is 4.55. The summed E-state index contributed by atoms with van der Waals surface area (Å²) in [7, 11) is 0. The largest absolute Gasteiger partial charge is 0.472 e. The lowest BCUT2D eigenvalue weighted by atomic mass is 9.89. The maximum atomic E-state index is 12.4. The molecule has 1 N–H and O–H groups in total. The number of amides is 1. The summed E-state index contributed by atoms with van der Waals surface area (Å²) in [5, 5.41) is 3.15. The molecular formula is C19H23N3O3. The minimum atomic E-state index is -0.144. The first-order chi connectivity index (χ1) is 12.2. The van der Waals surface area contributed by atoms with Crippen LogP contribution in [0.5, 0.6) is 0 Å². The van der Waals surface area contributed by atoms with Crippen molar-refractivity contribution in [2.45, 2.75) is 37.5 Å². The number of carbonyl (C=O) groups excluding carboxylic acids is 1. The van der Waals surface area contributed by atoms with Gasteiger partial charge in [0.05, 0.1) is 23.7 Å². The molecule has 2 atom stereocenters. The molecule has 1 amide bonds. The molecule has 2 aliphatic rings. The van der Waals surface area contributed by atoms with Crippen molar-refractivity contribution in [3.8, 4) is 0 Å². The second-order valence-electron chi connectivity index (χ2n) is 7.03. The van der Waals surface area contributed by atoms with Gasteiger partial charge in [0.1, 0.15) is 0 Å². The van der Waals surface area contributed by atoms with Crippen LogP contribution in [0.3, 0.4) is 0 Å². The lowest BCUT2D eigenvalue weighted by Gasteiger charge is -2.38. The van der Waals surface area contributed by atoms with E-state index in [2.05, 4.69) is 15.2 Å². The molecule has 132 valence electrons. The molecule has 4 heterocycles. The number of hydrogen-bond donors (Lipinski definition) is 1. The third-order valence-electron chi connectivity index (χ3n) is 5.13. The molecule has 2 saturated heterocycles. The van der Waals surface area contributed by atoms with E-state index in [-0.39, 0.29) is 17.6 Å². The quantitative estimate of drug-likeness (QED) is 0.924. The number of hydrogen-bond acceptors (Lipinski definition) is 5. The van der Waals surface area contributed by atoms with Crippen molar-refractivity contribution in [2.24, 2.45) is 0 Å². The van der Waals surface area contributed by atoms with Crippen LogP contribution >= 0.6 is 0 Å². The zero-order chi connectivity index (χ0) is 17.1. The van der Waals surface area contributed by atoms with E-state index in [1.807, 2.05) is 6.07 Å². The number of furan rings is 1. The molecule has 6 heteroatoms. The van der Waals surface area contributed by atoms with E-state index >= 15 is 0 Å². The number of nitrogens with zero attached hydrogens (tertiary/aromatic N) is 2. The summed E-state index contributed by atoms with van der Waals surface area (Å²) in [6, 6.07) is 5.73. The lowest BCUT2D eigenvalue weighted by molar-refractivity contribution is -0.0793. The average Bonchev–Trinajstić information content (AvgIpc) is 3.27. The van der Waals surface area contributed by atoms with Crippen LogP contribution in [0.25, 0.3) is 0 Å². The number of rotatable bonds is 4. The van der Waals surface area contributed by atoms with Gasteiger partial charge >= 0.3 is 0 Å². The highest BCUT2D eigenvalue weighted by Gasteiger charge is 2.43. The van der Waals surface area contributed by atoms with Crippen LogP contribution in [-0.2, 0) is 11.3 Å². The predicted octanol–water partition coefficient (Wildman–Crippen LogP) is 2.23. The van der Waals surface area contributed by atoms with Crippen molar-refractivity contribution < 1.29 is 13.9 Å². The van der Waals surface area contributed by atoms with Gasteiger partial charge in [-0.2, -0.15) is 0 Å². The zero-order valence-electron chi connectivity index (χ0n) is 14.2. The second-order valence-corrected chi connectivity index (χ2v) is 7.03. The van der Waals surface area contributed by atoms with Gasteiger partial charge in [-0.15, -0.1) is 0 Å². The Morgan fingerprint density at radius 2 is 2.40 bits per heavy atom. The summed E-state index contributed by atoms with van der Waals surface area (Å²) in [6.07, 6.45) is 9.51. The second kappa shape index (κ2) is 6.98. The molecule has 1 spiro atoms. The molecule has 2 aliphatic heterocycles. The predicted molar refractivity (Wildman–Crippen MR) is 92.0 cm³/mol. The molecular weight excluding hydrogens is 318 g/mol. The van der Waals surface area contributed by atoms with E-state index in [4.69, 9.17) is 9.15 Å². The molecule has 0 bridgehead atoms. The van der Waals surface area contributed by atoms with Crippen molar-refractivity contribution in [3.63, 3.8) is 0 Å². The molecule has 4 rings (SSSR count). The third-order valence-corrected chi connectivity index (χ3v) is 5.13. The van der Waals surface area contributed by atoms with Crippen LogP contribution < -0.4 is 5.32 Å². The van der Waals surface area contributed by atoms with Gasteiger partial charge in [-0.3, -0.25) is 14.7 Å². The molecule has 6 nitrogen and oxygen atoms in total. The summed E-state index contributed by atoms with van der Waals surface area (Å²) in [5.74, 6) is -0.0524. The van der Waals surface area contributed by atoms with Crippen LogP contribution in [0.1, 0.15) is 35.2 Å². The average molecular weight is 341 g/mol. The topological polar surface area (TPSA) is 67.6 Å². The Hall–Kier alpha value is -2.18. The number of likely N-dealkylation sites (tertiary alicyclic amines) is 1. The Bertz CT molecular complexity index is 704. The Morgan fingerprint density at radius 1 is 1.44 bits per heavy atom. The highest BCUT2D eigenvalue weighted by Crippen LogP contribution is 2.35. The van der Waals surface area contributed by atoms with E-state index in [9.17, 15) is 4.79 Å². The van der Waals surface area contributed by atoms with Gasteiger partial charge in [0.25, 0.3) is 5.91 Å². The zero-order valence-corrected chi connectivity index (χ0v) is 14.2. The van der Waals surface area contributed by atoms with E-state index in [0.29, 0.717) is 12.2 Å². The fraction of sp³-hybridized carbons (Fsp3) is 0.474. The third kappa shape index (κ3) is 3.75. The molecule has 0 aromatic carbocycles. The molecule has 0 unspecified atom stereocenters. The normalized spacial score (nSPS) is 26.8. The van der Waals surface area contributed by atoms with Crippen molar-refractivity contribution in [1.29, 1.82) is 0 Å². The van der Waals surface area contributed by atoms with Gasteiger partial charge in [0.15, 0.2) is 0 Å². The number of aromatic nitrogens is 1. The van der Waals surface area contributed by atoms with E-state index in [0.717, 1.165) is 38.9 Å². The Labute approximate surface area is 147 Å². The van der Waals surface area contributed by atoms with Crippen LogP contribution in [0, 0.1) is 0 Å². The summed E-state index contributed by atoms with van der Waals surface area (Å²) >= 11 is 0. The molecule has 0 saturated carbocycles. The maximum Gasteiger partial charge on any atom is 0.253 e. The lowest BCUT2D eigenvalue weighted by Crippen LogP contribution is -2.49. The standard InChI is InChI=1S/C19H23N3O3/c23-18(16-2-1-6-20-11-16)21-17-4-9-25-19(10-17)5-7-22(14-19)12-15-3-8-24-13-15/h1-3,6,8,11,13,17H,4-5,7,9-10,12,14H2,(H,21,23)/t17-,19+/m0/s1. The number of pyridine rings is 1. The van der Waals surface area contributed by atoms with E-state index in [1.54, 1.807) is 37.1 Å². The summed E-state index contributed by atoms with van der Waals surface area (Å²) in [6.45, 7) is 3.48. The van der Waals surface area contributed by atoms with Crippen molar-refractivity contribution in [2.75, 3.05) is 19.7 Å². The summed E-state index contributed by atoms with van der Waals surface area (Å²) in [4.78, 5) is 18.8. The Morgan fingerprint density at radius 3 is 3.20 bits per heavy atom. The van der Waals surface area contributed by atoms with Crippen LogP contribution in [0.2, 0.25) is 0 Å². The Balaban J connectivity index is 1.35. The van der Waals surface area contributed by atoms with Crippen LogP contribution in [0.15, 0.2) is 47.5 Å². The molecule has 2 aromatic heterocycles. The van der Waals surface area contributed by atoms with E-state index < -0.39 is 0 Å². The van der Waals surface area contributed by atoms with Gasteiger partial charge in [0, 0.05) is 50.2 Å². The number of carbonyl (C=O) groups is 1. The van der Waals surface area contributed by atoms with Crippen molar-refractivity contribution >= 4 is 5.91 Å². The summed E-state index contributed by atoms with van der Waals surface area (Å²) < 4.78 is 11.3. The van der Waals surface area contributed by atoms with Gasteiger partial charge in [0.2, 0.25) is 0 Å². The highest BCUT2D eigenvalue weighted by molar-refractivity contribution is 5.94. The van der Waals surface area contributed by atoms with Crippen molar-refractivity contribution in [1.82, 2.24) is 15.2 Å². The van der Waals surface area contributed by atoms with Gasteiger partial charge in [-0.1, -0.05) is 0 Å². The van der Waals surface area contributed by atoms with Crippen LogP contribution in [0.4, 0.5) is 0 Å². The highest BCUT2D eigenvalue weighted by atomic mass is 16.5. The van der Waals surface area contributed by atoms with Gasteiger partial charge < -0.3 is 14.5 Å². The van der Waals surface area contributed by atoms with Crippen LogP contribution in [-0.4, -0.2) is 47.1 Å².